The molecule has 0 aliphatic heterocycles. The highest BCUT2D eigenvalue weighted by molar-refractivity contribution is 7.81. The van der Waals surface area contributed by atoms with Crippen molar-refractivity contribution in [3.8, 4) is 5.75 Å². The smallest absolute Gasteiger partial charge is 0.412 e. The van der Waals surface area contributed by atoms with Gasteiger partial charge in [-0.05, 0) is 11.5 Å². The molecule has 0 saturated carbocycles. The highest BCUT2D eigenvalue weighted by Gasteiger charge is 2.09. The summed E-state index contributed by atoms with van der Waals surface area (Å²) >= 11 is 0. The Labute approximate surface area is 92.5 Å². The molecule has 0 radical (unpaired) electrons. The molecule has 0 aromatic heterocycles. The average Bonchev–Trinajstić information content (AvgIpc) is 2.16. The Morgan fingerprint density at radius 3 is 2.31 bits per heavy atom. The van der Waals surface area contributed by atoms with Crippen molar-refractivity contribution in [1.29, 1.82) is 0 Å². The maximum atomic E-state index is 10.6. The molecular formula is C10H10O5S. The van der Waals surface area contributed by atoms with Crippen molar-refractivity contribution in [2.24, 2.45) is 0 Å². The lowest BCUT2D eigenvalue weighted by Gasteiger charge is -2.04. The Hall–Kier alpha value is -1.63. The van der Waals surface area contributed by atoms with E-state index in [1.807, 2.05) is 18.2 Å². The van der Waals surface area contributed by atoms with E-state index >= 15 is 0 Å². The van der Waals surface area contributed by atoms with Gasteiger partial charge >= 0.3 is 10.4 Å². The van der Waals surface area contributed by atoms with Crippen LogP contribution in [0.5, 0.6) is 5.75 Å². The maximum Gasteiger partial charge on any atom is 0.446 e. The summed E-state index contributed by atoms with van der Waals surface area (Å²) in [5, 5.41) is 1.48. The summed E-state index contributed by atoms with van der Waals surface area (Å²) in [5.74, 6) is 0.121. The lowest BCUT2D eigenvalue weighted by atomic mass is 10.1. The molecule has 2 aromatic rings. The molecule has 3 N–H and O–H groups in total. The van der Waals surface area contributed by atoms with Crippen LogP contribution in [0.4, 0.5) is 0 Å². The van der Waals surface area contributed by atoms with Crippen LogP contribution in [0, 0.1) is 0 Å². The Bertz CT molecular complexity index is 586. The van der Waals surface area contributed by atoms with Crippen LogP contribution in [0.25, 0.3) is 10.8 Å². The van der Waals surface area contributed by atoms with E-state index in [4.69, 9.17) is 4.55 Å². The maximum absolute atomic E-state index is 10.6. The first-order chi connectivity index (χ1) is 7.06. The summed E-state index contributed by atoms with van der Waals surface area (Å²) < 4.78 is 34.2. The van der Waals surface area contributed by atoms with Gasteiger partial charge in [0.05, 0.1) is 0 Å². The topological polar surface area (TPSA) is 95.1 Å². The molecule has 0 spiro atoms. The van der Waals surface area contributed by atoms with Gasteiger partial charge in [0, 0.05) is 5.39 Å². The highest BCUT2D eigenvalue weighted by atomic mass is 32.3. The molecule has 5 nitrogen and oxygen atoms in total. The van der Waals surface area contributed by atoms with Gasteiger partial charge in [-0.15, -0.1) is 0 Å². The third-order valence-electron chi connectivity index (χ3n) is 1.94. The van der Waals surface area contributed by atoms with Crippen LogP contribution >= 0.6 is 0 Å². The minimum absolute atomic E-state index is 0. The van der Waals surface area contributed by atoms with Gasteiger partial charge in [0.25, 0.3) is 0 Å². The first kappa shape index (κ1) is 12.4. The van der Waals surface area contributed by atoms with E-state index in [0.717, 1.165) is 5.39 Å². The summed E-state index contributed by atoms with van der Waals surface area (Å²) in [6.45, 7) is 0. The lowest BCUT2D eigenvalue weighted by molar-refractivity contribution is 0.388. The molecular weight excluding hydrogens is 232 g/mol. The van der Waals surface area contributed by atoms with Crippen molar-refractivity contribution in [1.82, 2.24) is 0 Å². The van der Waals surface area contributed by atoms with Crippen molar-refractivity contribution >= 4 is 21.2 Å². The zero-order valence-corrected chi connectivity index (χ0v) is 8.94. The third-order valence-corrected chi connectivity index (χ3v) is 2.33. The fraction of sp³-hybridized carbons (Fsp3) is 0. The number of hydrogen-bond acceptors (Lipinski definition) is 3. The SMILES string of the molecule is O.O=S(=O)(O)Oc1cccc2ccccc12. The van der Waals surface area contributed by atoms with Crippen LogP contribution in [-0.2, 0) is 10.4 Å². The zero-order valence-electron chi connectivity index (χ0n) is 8.12. The Balaban J connectivity index is 0.00000128. The molecule has 0 amide bonds. The van der Waals surface area contributed by atoms with E-state index in [2.05, 4.69) is 4.18 Å². The van der Waals surface area contributed by atoms with Gasteiger partial charge in [-0.2, -0.15) is 8.42 Å². The average molecular weight is 242 g/mol. The van der Waals surface area contributed by atoms with Gasteiger partial charge in [0.1, 0.15) is 0 Å². The molecule has 0 unspecified atom stereocenters. The second kappa shape index (κ2) is 4.48. The molecule has 0 saturated heterocycles. The fourth-order valence-corrected chi connectivity index (χ4v) is 1.75. The van der Waals surface area contributed by atoms with Crippen molar-refractivity contribution in [2.75, 3.05) is 0 Å². The summed E-state index contributed by atoms with van der Waals surface area (Å²) in [6, 6.07) is 12.1. The molecule has 0 aliphatic carbocycles. The van der Waals surface area contributed by atoms with Gasteiger partial charge in [-0.3, -0.25) is 4.55 Å². The van der Waals surface area contributed by atoms with Gasteiger partial charge in [0.15, 0.2) is 5.75 Å². The van der Waals surface area contributed by atoms with E-state index in [-0.39, 0.29) is 11.2 Å². The summed E-state index contributed by atoms with van der Waals surface area (Å²) in [7, 11) is -4.47. The molecule has 2 rings (SSSR count). The van der Waals surface area contributed by atoms with E-state index in [9.17, 15) is 8.42 Å². The minimum Gasteiger partial charge on any atom is -0.412 e. The fourth-order valence-electron chi connectivity index (χ4n) is 1.38. The van der Waals surface area contributed by atoms with Crippen molar-refractivity contribution in [3.63, 3.8) is 0 Å². The van der Waals surface area contributed by atoms with E-state index in [1.165, 1.54) is 6.07 Å². The Morgan fingerprint density at radius 2 is 1.62 bits per heavy atom. The molecule has 0 aliphatic rings. The highest BCUT2D eigenvalue weighted by Crippen LogP contribution is 2.25. The molecule has 86 valence electrons. The Kier molecular flexibility index (Phi) is 3.48. The molecule has 6 heteroatoms. The van der Waals surface area contributed by atoms with Crippen LogP contribution in [0.3, 0.4) is 0 Å². The normalized spacial score (nSPS) is 10.8. The van der Waals surface area contributed by atoms with E-state index in [1.54, 1.807) is 18.2 Å². The van der Waals surface area contributed by atoms with Crippen molar-refractivity contribution in [2.45, 2.75) is 0 Å². The first-order valence-corrected chi connectivity index (χ1v) is 5.57. The standard InChI is InChI=1S/C10H8O4S.H2O/c11-15(12,13)14-10-7-3-5-8-4-1-2-6-9(8)10;/h1-7H,(H,11,12,13);1H2. The first-order valence-electron chi connectivity index (χ1n) is 4.21. The van der Waals surface area contributed by atoms with Crippen molar-refractivity contribution < 1.29 is 22.6 Å². The van der Waals surface area contributed by atoms with E-state index in [0.29, 0.717) is 5.39 Å². The van der Waals surface area contributed by atoms with Crippen molar-refractivity contribution in [3.05, 3.63) is 42.5 Å². The van der Waals surface area contributed by atoms with Crippen LogP contribution in [0.15, 0.2) is 42.5 Å². The van der Waals surface area contributed by atoms with Crippen LogP contribution in [-0.4, -0.2) is 18.4 Å². The summed E-state index contributed by atoms with van der Waals surface area (Å²) in [6.07, 6.45) is 0. The molecule has 0 atom stereocenters. The predicted octanol–water partition coefficient (Wildman–Crippen LogP) is 1.20. The van der Waals surface area contributed by atoms with Gasteiger partial charge in [-0.25, -0.2) is 0 Å². The lowest BCUT2D eigenvalue weighted by Crippen LogP contribution is -2.06. The number of rotatable bonds is 2. The Morgan fingerprint density at radius 1 is 1.00 bits per heavy atom. The molecule has 16 heavy (non-hydrogen) atoms. The minimum atomic E-state index is -4.47. The quantitative estimate of drug-likeness (QED) is 0.800. The monoisotopic (exact) mass is 242 g/mol. The van der Waals surface area contributed by atoms with Gasteiger partial charge < -0.3 is 9.66 Å². The van der Waals surface area contributed by atoms with Crippen LogP contribution in [0.2, 0.25) is 0 Å². The number of hydrogen-bond donors (Lipinski definition) is 1. The zero-order chi connectivity index (χ0) is 10.9. The second-order valence-electron chi connectivity index (χ2n) is 2.99. The largest absolute Gasteiger partial charge is 0.446 e. The molecule has 0 bridgehead atoms. The molecule has 0 heterocycles. The summed E-state index contributed by atoms with van der Waals surface area (Å²) in [5.41, 5.74) is 0. The third kappa shape index (κ3) is 2.69. The van der Waals surface area contributed by atoms with Crippen LogP contribution < -0.4 is 4.18 Å². The molecule has 2 aromatic carbocycles. The molecule has 0 fully saturated rings. The second-order valence-corrected chi connectivity index (χ2v) is 4.01. The van der Waals surface area contributed by atoms with Gasteiger partial charge in [-0.1, -0.05) is 36.4 Å². The summed E-state index contributed by atoms with van der Waals surface area (Å²) in [4.78, 5) is 0. The van der Waals surface area contributed by atoms with E-state index < -0.39 is 10.4 Å². The predicted molar refractivity (Wildman–Crippen MR) is 59.7 cm³/mol. The number of fused-ring (bicyclic) bond motifs is 1. The van der Waals surface area contributed by atoms with Crippen LogP contribution in [0.1, 0.15) is 0 Å². The number of benzene rings is 2. The van der Waals surface area contributed by atoms with Gasteiger partial charge in [0.2, 0.25) is 0 Å².